The van der Waals surface area contributed by atoms with E-state index in [2.05, 4.69) is 11.2 Å². The Morgan fingerprint density at radius 2 is 1.93 bits per heavy atom. The van der Waals surface area contributed by atoms with Crippen LogP contribution >= 0.6 is 11.6 Å². The van der Waals surface area contributed by atoms with E-state index in [0.29, 0.717) is 37.1 Å². The first kappa shape index (κ1) is 19.1. The van der Waals surface area contributed by atoms with Crippen molar-refractivity contribution in [3.8, 4) is 5.69 Å². The molecule has 2 aromatic rings. The van der Waals surface area contributed by atoms with Crippen LogP contribution in [-0.2, 0) is 10.4 Å². The molecular formula is C22H22ClFN2O2. The van der Waals surface area contributed by atoms with Gasteiger partial charge in [-0.15, -0.1) is 11.6 Å². The third-order valence-corrected chi connectivity index (χ3v) is 6.14. The molecular weight excluding hydrogens is 379 g/mol. The van der Waals surface area contributed by atoms with E-state index >= 15 is 0 Å². The Morgan fingerprint density at radius 3 is 2.57 bits per heavy atom. The summed E-state index contributed by atoms with van der Waals surface area (Å²) < 4.78 is 15.1. The molecule has 6 heteroatoms. The van der Waals surface area contributed by atoms with Crippen molar-refractivity contribution < 1.29 is 14.3 Å². The minimum Gasteiger partial charge on any atom is -0.383 e. The fourth-order valence-corrected chi connectivity index (χ4v) is 3.91. The van der Waals surface area contributed by atoms with E-state index in [1.165, 1.54) is 12.1 Å². The van der Waals surface area contributed by atoms with Gasteiger partial charge in [-0.3, -0.25) is 4.79 Å². The molecule has 0 saturated heterocycles. The van der Waals surface area contributed by atoms with Crippen LogP contribution in [0.3, 0.4) is 0 Å². The number of carbonyl (C=O) groups is 1. The lowest BCUT2D eigenvalue weighted by molar-refractivity contribution is -0.125. The average molecular weight is 401 g/mol. The van der Waals surface area contributed by atoms with Gasteiger partial charge in [-0.25, -0.2) is 9.07 Å². The van der Waals surface area contributed by atoms with Gasteiger partial charge >= 0.3 is 0 Å². The lowest BCUT2D eigenvalue weighted by atomic mass is 9.81. The van der Waals surface area contributed by atoms with E-state index in [0.717, 1.165) is 11.3 Å². The Balaban J connectivity index is 1.81. The molecule has 28 heavy (non-hydrogen) atoms. The maximum absolute atomic E-state index is 13.4. The fourth-order valence-electron chi connectivity index (χ4n) is 3.76. The van der Waals surface area contributed by atoms with Crippen LogP contribution in [0.15, 0.2) is 48.6 Å². The first-order valence-electron chi connectivity index (χ1n) is 9.51. The van der Waals surface area contributed by atoms with E-state index in [4.69, 9.17) is 11.6 Å². The second-order valence-electron chi connectivity index (χ2n) is 7.66. The average Bonchev–Trinajstić information content (AvgIpc) is 3.13. The summed E-state index contributed by atoms with van der Waals surface area (Å²) in [5.41, 5.74) is 1.86. The Bertz CT molecular complexity index is 951. The summed E-state index contributed by atoms with van der Waals surface area (Å²) in [5.74, 6) is -0.00248. The highest BCUT2D eigenvalue weighted by Crippen LogP contribution is 2.38. The van der Waals surface area contributed by atoms with Gasteiger partial charge in [0.2, 0.25) is 0 Å². The minimum absolute atomic E-state index is 0.0704. The molecule has 1 heterocycles. The molecule has 0 amide bonds. The molecule has 4 rings (SSSR count). The van der Waals surface area contributed by atoms with Crippen LogP contribution in [0, 0.1) is 11.7 Å². The van der Waals surface area contributed by atoms with E-state index < -0.39 is 5.60 Å². The number of ketones is 1. The fraction of sp³-hybridized carbons (Fsp3) is 0.364. The van der Waals surface area contributed by atoms with Crippen LogP contribution in [0.2, 0.25) is 0 Å². The Morgan fingerprint density at radius 1 is 1.25 bits per heavy atom. The number of carbonyl (C=O) groups excluding carboxylic acids is 1. The van der Waals surface area contributed by atoms with Gasteiger partial charge in [0.15, 0.2) is 0 Å². The molecule has 1 N–H and O–H groups in total. The predicted molar refractivity (Wildman–Crippen MR) is 107 cm³/mol. The number of benzene rings is 1. The number of aromatic nitrogens is 2. The normalized spacial score (nSPS) is 24.3. The molecule has 1 aromatic heterocycles. The van der Waals surface area contributed by atoms with Crippen molar-refractivity contribution in [2.75, 3.05) is 0 Å². The molecule has 4 nitrogen and oxygen atoms in total. The molecule has 2 aliphatic rings. The van der Waals surface area contributed by atoms with Crippen molar-refractivity contribution in [1.29, 1.82) is 0 Å². The molecule has 2 unspecified atom stereocenters. The topological polar surface area (TPSA) is 55.1 Å². The molecule has 0 radical (unpaired) electrons. The molecule has 0 aliphatic heterocycles. The second-order valence-corrected chi connectivity index (χ2v) is 8.16. The first-order valence-corrected chi connectivity index (χ1v) is 9.94. The monoisotopic (exact) mass is 400 g/mol. The molecule has 1 saturated carbocycles. The molecule has 0 bridgehead atoms. The lowest BCUT2D eigenvalue weighted by Crippen LogP contribution is -2.32. The highest BCUT2D eigenvalue weighted by Gasteiger charge is 2.37. The number of Topliss-reactive ketones (excluding diaryl/α,β-unsaturated/α-hetero) is 1. The summed E-state index contributed by atoms with van der Waals surface area (Å²) in [6.07, 6.45) is 7.39. The van der Waals surface area contributed by atoms with Crippen LogP contribution in [0.1, 0.15) is 44.0 Å². The van der Waals surface area contributed by atoms with Gasteiger partial charge in [-0.2, -0.15) is 5.10 Å². The van der Waals surface area contributed by atoms with Crippen LogP contribution in [0.5, 0.6) is 0 Å². The van der Waals surface area contributed by atoms with Gasteiger partial charge in [0.1, 0.15) is 17.2 Å². The molecule has 1 fully saturated rings. The highest BCUT2D eigenvalue weighted by molar-refractivity contribution is 6.22. The number of rotatable bonds is 3. The number of alkyl halides is 1. The standard InChI is InChI=1S/C22H22ClFN2O2/c1-14-12-15(2-7-19(14)23)20-13-21(22(28)10-8-18(27)9-11-22)25-26(20)17-5-3-16(24)4-6-17/h2-7,12-14,19,28H,8-11H2,1H3. The van der Waals surface area contributed by atoms with Crippen LogP contribution in [0.25, 0.3) is 11.3 Å². The Labute approximate surface area is 168 Å². The Hall–Kier alpha value is -2.24. The second kappa shape index (κ2) is 7.30. The van der Waals surface area contributed by atoms with Gasteiger partial charge in [0, 0.05) is 12.8 Å². The molecule has 2 atom stereocenters. The smallest absolute Gasteiger partial charge is 0.133 e. The largest absolute Gasteiger partial charge is 0.383 e. The number of nitrogens with zero attached hydrogens (tertiary/aromatic N) is 2. The highest BCUT2D eigenvalue weighted by atomic mass is 35.5. The third kappa shape index (κ3) is 3.56. The van der Waals surface area contributed by atoms with Crippen LogP contribution in [-0.4, -0.2) is 26.0 Å². The van der Waals surface area contributed by atoms with Gasteiger partial charge in [-0.1, -0.05) is 25.2 Å². The summed E-state index contributed by atoms with van der Waals surface area (Å²) in [6, 6.07) is 7.96. The summed E-state index contributed by atoms with van der Waals surface area (Å²) >= 11 is 6.29. The Kier molecular flexibility index (Phi) is 4.98. The van der Waals surface area contributed by atoms with Crippen molar-refractivity contribution in [1.82, 2.24) is 9.78 Å². The molecule has 2 aliphatic carbocycles. The summed E-state index contributed by atoms with van der Waals surface area (Å²) in [5, 5.41) is 15.7. The number of allylic oxidation sites excluding steroid dienone is 4. The van der Waals surface area contributed by atoms with E-state index in [-0.39, 0.29) is 22.9 Å². The maximum atomic E-state index is 13.4. The number of halogens is 2. The van der Waals surface area contributed by atoms with Crippen molar-refractivity contribution in [3.63, 3.8) is 0 Å². The van der Waals surface area contributed by atoms with Crippen LogP contribution < -0.4 is 0 Å². The summed E-state index contributed by atoms with van der Waals surface area (Å²) in [7, 11) is 0. The predicted octanol–water partition coefficient (Wildman–Crippen LogP) is 4.54. The van der Waals surface area contributed by atoms with E-state index in [1.54, 1.807) is 16.8 Å². The summed E-state index contributed by atoms with van der Waals surface area (Å²) in [4.78, 5) is 11.6. The van der Waals surface area contributed by atoms with Gasteiger partial charge in [0.25, 0.3) is 0 Å². The summed E-state index contributed by atoms with van der Waals surface area (Å²) in [6.45, 7) is 2.04. The molecule has 1 aromatic carbocycles. The lowest BCUT2D eigenvalue weighted by Gasteiger charge is -2.29. The van der Waals surface area contributed by atoms with Crippen molar-refractivity contribution in [2.45, 2.75) is 43.6 Å². The van der Waals surface area contributed by atoms with Gasteiger partial charge in [0.05, 0.1) is 22.5 Å². The third-order valence-electron chi connectivity index (χ3n) is 5.59. The number of aliphatic hydroxyl groups is 1. The van der Waals surface area contributed by atoms with Gasteiger partial charge in [-0.05, 0) is 54.7 Å². The van der Waals surface area contributed by atoms with Crippen LogP contribution in [0.4, 0.5) is 4.39 Å². The van der Waals surface area contributed by atoms with Crippen molar-refractivity contribution in [3.05, 3.63) is 65.8 Å². The zero-order chi connectivity index (χ0) is 19.9. The SMILES string of the molecule is CC1C=C(c2cc(C3(O)CCC(=O)CC3)nn2-c2ccc(F)cc2)C=CC1Cl. The van der Waals surface area contributed by atoms with Crippen molar-refractivity contribution in [2.24, 2.45) is 5.92 Å². The van der Waals surface area contributed by atoms with E-state index in [9.17, 15) is 14.3 Å². The molecule has 0 spiro atoms. The quantitative estimate of drug-likeness (QED) is 0.769. The zero-order valence-electron chi connectivity index (χ0n) is 15.6. The van der Waals surface area contributed by atoms with Gasteiger partial charge < -0.3 is 5.11 Å². The van der Waals surface area contributed by atoms with E-state index in [1.807, 2.05) is 25.1 Å². The zero-order valence-corrected chi connectivity index (χ0v) is 16.4. The first-order chi connectivity index (χ1) is 13.4. The molecule has 146 valence electrons. The van der Waals surface area contributed by atoms with Crippen molar-refractivity contribution >= 4 is 23.0 Å². The number of hydrogen-bond acceptors (Lipinski definition) is 3. The maximum Gasteiger partial charge on any atom is 0.133 e. The minimum atomic E-state index is -1.13. The number of hydrogen-bond donors (Lipinski definition) is 1.